The van der Waals surface area contributed by atoms with Crippen LogP contribution < -0.4 is 10.5 Å². The molecular weight excluding hydrogens is 286 g/mol. The molecule has 3 aromatic rings. The predicted molar refractivity (Wildman–Crippen MR) is 84.6 cm³/mol. The molecule has 0 saturated heterocycles. The van der Waals surface area contributed by atoms with E-state index in [4.69, 9.17) is 15.2 Å². The zero-order valence-corrected chi connectivity index (χ0v) is 12.4. The van der Waals surface area contributed by atoms with Crippen molar-refractivity contribution in [1.82, 2.24) is 9.97 Å². The van der Waals surface area contributed by atoms with Gasteiger partial charge in [-0.1, -0.05) is 6.07 Å². The minimum Gasteiger partial charge on any atom is -0.475 e. The van der Waals surface area contributed by atoms with Crippen molar-refractivity contribution < 1.29 is 9.47 Å². The molecule has 2 N–H and O–H groups in total. The van der Waals surface area contributed by atoms with E-state index in [2.05, 4.69) is 26.8 Å². The van der Waals surface area contributed by atoms with E-state index in [1.165, 1.54) is 5.56 Å². The van der Waals surface area contributed by atoms with Crippen LogP contribution in [-0.2, 0) is 4.74 Å². The first-order valence-electron chi connectivity index (χ1n) is 6.49. The molecule has 21 heavy (non-hydrogen) atoms. The van der Waals surface area contributed by atoms with Gasteiger partial charge in [0.1, 0.15) is 6.61 Å². The van der Waals surface area contributed by atoms with E-state index in [0.29, 0.717) is 19.1 Å². The quantitative estimate of drug-likeness (QED) is 0.734. The fourth-order valence-electron chi connectivity index (χ4n) is 2.06. The number of ether oxygens (including phenoxy) is 2. The monoisotopic (exact) mass is 301 g/mol. The summed E-state index contributed by atoms with van der Waals surface area (Å²) >= 11 is 1.66. The molecular formula is C15H15N3O2S. The van der Waals surface area contributed by atoms with Gasteiger partial charge in [0.05, 0.1) is 17.5 Å². The highest BCUT2D eigenvalue weighted by atomic mass is 32.1. The van der Waals surface area contributed by atoms with Gasteiger partial charge in [-0.25, -0.2) is 4.98 Å². The summed E-state index contributed by atoms with van der Waals surface area (Å²) in [6, 6.07) is 8.06. The van der Waals surface area contributed by atoms with Crippen LogP contribution in [0.1, 0.15) is 0 Å². The lowest BCUT2D eigenvalue weighted by molar-refractivity contribution is 0.144. The van der Waals surface area contributed by atoms with Crippen LogP contribution in [0.2, 0.25) is 0 Å². The molecule has 0 saturated carbocycles. The van der Waals surface area contributed by atoms with Gasteiger partial charge in [0, 0.05) is 7.11 Å². The van der Waals surface area contributed by atoms with Gasteiger partial charge in [-0.05, 0) is 40.1 Å². The van der Waals surface area contributed by atoms with Crippen LogP contribution in [0.25, 0.3) is 22.0 Å². The van der Waals surface area contributed by atoms with Crippen molar-refractivity contribution >= 4 is 28.2 Å². The minimum absolute atomic E-state index is 0.207. The molecule has 1 aromatic carbocycles. The van der Waals surface area contributed by atoms with E-state index < -0.39 is 0 Å². The second-order valence-corrected chi connectivity index (χ2v) is 5.25. The molecule has 0 atom stereocenters. The lowest BCUT2D eigenvalue weighted by Crippen LogP contribution is -2.07. The van der Waals surface area contributed by atoms with Crippen LogP contribution in [-0.4, -0.2) is 30.3 Å². The number of aromatic nitrogens is 2. The van der Waals surface area contributed by atoms with Crippen molar-refractivity contribution in [2.45, 2.75) is 0 Å². The molecule has 2 aromatic heterocycles. The smallest absolute Gasteiger partial charge is 0.226 e. The summed E-state index contributed by atoms with van der Waals surface area (Å²) in [5, 5.41) is 5.00. The summed E-state index contributed by atoms with van der Waals surface area (Å²) in [6.07, 6.45) is 0. The third-order valence-corrected chi connectivity index (χ3v) is 3.74. The Bertz CT molecular complexity index is 744. The van der Waals surface area contributed by atoms with Gasteiger partial charge < -0.3 is 15.2 Å². The van der Waals surface area contributed by atoms with Gasteiger partial charge in [-0.15, -0.1) is 0 Å². The molecule has 0 aliphatic rings. The second-order valence-electron chi connectivity index (χ2n) is 4.47. The number of nitrogen functional groups attached to an aromatic ring is 1. The molecule has 0 spiro atoms. The summed E-state index contributed by atoms with van der Waals surface area (Å²) < 4.78 is 10.6. The number of hydrogen-bond donors (Lipinski definition) is 1. The average Bonchev–Trinajstić information content (AvgIpc) is 3.01. The summed E-state index contributed by atoms with van der Waals surface area (Å²) in [5.74, 6) is 0.699. The van der Waals surface area contributed by atoms with Gasteiger partial charge in [0.15, 0.2) is 0 Å². The van der Waals surface area contributed by atoms with E-state index in [-0.39, 0.29) is 5.95 Å². The fourth-order valence-corrected chi connectivity index (χ4v) is 2.72. The van der Waals surface area contributed by atoms with Gasteiger partial charge in [-0.3, -0.25) is 0 Å². The Kier molecular flexibility index (Phi) is 3.98. The van der Waals surface area contributed by atoms with Crippen molar-refractivity contribution in [2.75, 3.05) is 26.1 Å². The molecule has 3 rings (SSSR count). The maximum atomic E-state index is 5.73. The van der Waals surface area contributed by atoms with E-state index in [9.17, 15) is 0 Å². The Hall–Kier alpha value is -2.18. The lowest BCUT2D eigenvalue weighted by atomic mass is 10.1. The number of fused-ring (bicyclic) bond motifs is 1. The van der Waals surface area contributed by atoms with Crippen LogP contribution in [0.4, 0.5) is 5.95 Å². The van der Waals surface area contributed by atoms with Gasteiger partial charge in [0.2, 0.25) is 11.8 Å². The number of rotatable bonds is 5. The zero-order valence-electron chi connectivity index (χ0n) is 11.6. The SMILES string of the molecule is COCCOc1nc(N)nc2ccc(-c3ccsc3)cc12. The second kappa shape index (κ2) is 6.07. The number of hydrogen-bond acceptors (Lipinski definition) is 6. The van der Waals surface area contributed by atoms with Crippen molar-refractivity contribution in [3.05, 3.63) is 35.0 Å². The van der Waals surface area contributed by atoms with Gasteiger partial charge in [0.25, 0.3) is 0 Å². The summed E-state index contributed by atoms with van der Waals surface area (Å²) in [4.78, 5) is 8.43. The molecule has 0 radical (unpaired) electrons. The number of thiophene rings is 1. The Labute approximate surface area is 126 Å². The maximum absolute atomic E-state index is 5.73. The average molecular weight is 301 g/mol. The number of benzene rings is 1. The van der Waals surface area contributed by atoms with Crippen molar-refractivity contribution in [3.63, 3.8) is 0 Å². The highest BCUT2D eigenvalue weighted by Crippen LogP contribution is 2.30. The molecule has 0 bridgehead atoms. The first kappa shape index (κ1) is 13.8. The normalized spacial score (nSPS) is 10.9. The number of nitrogens with zero attached hydrogens (tertiary/aromatic N) is 2. The molecule has 5 nitrogen and oxygen atoms in total. The highest BCUT2D eigenvalue weighted by Gasteiger charge is 2.09. The van der Waals surface area contributed by atoms with Crippen molar-refractivity contribution in [3.8, 4) is 17.0 Å². The van der Waals surface area contributed by atoms with E-state index in [1.54, 1.807) is 18.4 Å². The molecule has 2 heterocycles. The van der Waals surface area contributed by atoms with Crippen molar-refractivity contribution in [1.29, 1.82) is 0 Å². The third kappa shape index (κ3) is 2.96. The largest absolute Gasteiger partial charge is 0.475 e. The van der Waals surface area contributed by atoms with E-state index in [1.807, 2.05) is 18.2 Å². The van der Waals surface area contributed by atoms with E-state index >= 15 is 0 Å². The third-order valence-electron chi connectivity index (χ3n) is 3.06. The first-order valence-corrected chi connectivity index (χ1v) is 7.44. The van der Waals surface area contributed by atoms with Gasteiger partial charge >= 0.3 is 0 Å². The summed E-state index contributed by atoms with van der Waals surface area (Å²) in [6.45, 7) is 0.917. The zero-order chi connectivity index (χ0) is 14.7. The van der Waals surface area contributed by atoms with Crippen LogP contribution in [0, 0.1) is 0 Å². The first-order chi connectivity index (χ1) is 10.3. The Morgan fingerprint density at radius 3 is 2.81 bits per heavy atom. The van der Waals surface area contributed by atoms with Gasteiger partial charge in [-0.2, -0.15) is 16.3 Å². The number of methoxy groups -OCH3 is 1. The van der Waals surface area contributed by atoms with Crippen molar-refractivity contribution in [2.24, 2.45) is 0 Å². The molecule has 0 amide bonds. The molecule has 108 valence electrons. The summed E-state index contributed by atoms with van der Waals surface area (Å²) in [7, 11) is 1.63. The fraction of sp³-hybridized carbons (Fsp3) is 0.200. The standard InChI is InChI=1S/C15H15N3O2S/c1-19-5-6-20-14-12-8-10(11-4-7-21-9-11)2-3-13(12)17-15(16)18-14/h2-4,7-9H,5-6H2,1H3,(H2,16,17,18). The Morgan fingerprint density at radius 1 is 1.14 bits per heavy atom. The van der Waals surface area contributed by atoms with Crippen LogP contribution in [0.15, 0.2) is 35.0 Å². The Morgan fingerprint density at radius 2 is 2.05 bits per heavy atom. The predicted octanol–water partition coefficient (Wildman–Crippen LogP) is 2.97. The van der Waals surface area contributed by atoms with E-state index in [0.717, 1.165) is 16.5 Å². The lowest BCUT2D eigenvalue weighted by Gasteiger charge is -2.09. The van der Waals surface area contributed by atoms with Crippen LogP contribution >= 0.6 is 11.3 Å². The maximum Gasteiger partial charge on any atom is 0.226 e. The molecule has 6 heteroatoms. The minimum atomic E-state index is 0.207. The highest BCUT2D eigenvalue weighted by molar-refractivity contribution is 7.08. The summed E-state index contributed by atoms with van der Waals surface area (Å²) in [5.41, 5.74) is 8.78. The Balaban J connectivity index is 2.05. The number of anilines is 1. The van der Waals surface area contributed by atoms with Crippen LogP contribution in [0.5, 0.6) is 5.88 Å². The molecule has 0 unspecified atom stereocenters. The van der Waals surface area contributed by atoms with Crippen LogP contribution in [0.3, 0.4) is 0 Å². The molecule has 0 aliphatic carbocycles. The topological polar surface area (TPSA) is 70.3 Å². The number of nitrogens with two attached hydrogens (primary N) is 1. The molecule has 0 aliphatic heterocycles. The molecule has 0 fully saturated rings.